The number of hydrogen-bond acceptors (Lipinski definition) is 8. The molecule has 0 amide bonds. The molecule has 0 aliphatic carbocycles. The number of H-pyrrole nitrogens is 1. The normalized spacial score (nSPS) is 12.4. The smallest absolute Gasteiger partial charge is 0.349 e. The molecule has 1 N–H and O–H groups in total. The number of ether oxygens (including phenoxy) is 3. The number of para-hydroxylation sites is 2. The zero-order chi connectivity index (χ0) is 23.7. The molecule has 0 saturated carbocycles. The molecule has 0 fully saturated rings. The lowest BCUT2D eigenvalue weighted by Crippen LogP contribution is -2.32. The van der Waals surface area contributed by atoms with Gasteiger partial charge in [-0.15, -0.1) is 4.68 Å². The van der Waals surface area contributed by atoms with Crippen molar-refractivity contribution in [2.75, 3.05) is 6.79 Å². The molecule has 170 valence electrons. The molecular weight excluding hydrogens is 444 g/mol. The summed E-state index contributed by atoms with van der Waals surface area (Å²) in [6, 6.07) is 16.0. The minimum Gasteiger partial charge on any atom is -0.481 e. The van der Waals surface area contributed by atoms with Gasteiger partial charge in [-0.25, -0.2) is 4.79 Å². The van der Waals surface area contributed by atoms with Crippen LogP contribution in [0.5, 0.6) is 17.2 Å². The summed E-state index contributed by atoms with van der Waals surface area (Å²) in [6.45, 7) is 0.122. The summed E-state index contributed by atoms with van der Waals surface area (Å²) >= 11 is 0. The van der Waals surface area contributed by atoms with Crippen molar-refractivity contribution in [2.24, 2.45) is 5.10 Å². The van der Waals surface area contributed by atoms with Crippen molar-refractivity contribution >= 4 is 22.8 Å². The minimum absolute atomic E-state index is 0.00115. The highest BCUT2D eigenvalue weighted by molar-refractivity contribution is 5.86. The average Bonchev–Trinajstić information content (AvgIpc) is 3.30. The fourth-order valence-electron chi connectivity index (χ4n) is 3.51. The van der Waals surface area contributed by atoms with Crippen LogP contribution >= 0.6 is 0 Å². The molecule has 0 atom stereocenters. The Kier molecular flexibility index (Phi) is 5.26. The van der Waals surface area contributed by atoms with E-state index in [-0.39, 0.29) is 35.8 Å². The van der Waals surface area contributed by atoms with Gasteiger partial charge in [0.25, 0.3) is 5.56 Å². The van der Waals surface area contributed by atoms with Gasteiger partial charge in [-0.05, 0) is 35.9 Å². The second-order valence-electron chi connectivity index (χ2n) is 7.27. The third-order valence-corrected chi connectivity index (χ3v) is 5.14. The number of rotatable bonds is 6. The van der Waals surface area contributed by atoms with E-state index >= 15 is 0 Å². The number of nitrogens with zero attached hydrogens (tertiary/aromatic N) is 3. The lowest BCUT2D eigenvalue weighted by atomic mass is 10.1. The fraction of sp³-hybridized carbons (Fsp3) is 0.0870. The van der Waals surface area contributed by atoms with E-state index in [9.17, 15) is 19.7 Å². The summed E-state index contributed by atoms with van der Waals surface area (Å²) in [5.41, 5.74) is -0.351. The van der Waals surface area contributed by atoms with Crippen molar-refractivity contribution in [3.05, 3.63) is 103 Å². The lowest BCUT2D eigenvalue weighted by molar-refractivity contribution is -0.385. The first-order valence-corrected chi connectivity index (χ1v) is 10.1. The maximum Gasteiger partial charge on any atom is 0.349 e. The molecule has 11 nitrogen and oxygen atoms in total. The molecule has 4 aromatic rings. The van der Waals surface area contributed by atoms with Crippen LogP contribution in [0.25, 0.3) is 10.9 Å². The van der Waals surface area contributed by atoms with Gasteiger partial charge >= 0.3 is 11.4 Å². The van der Waals surface area contributed by atoms with Crippen molar-refractivity contribution in [1.82, 2.24) is 9.66 Å². The summed E-state index contributed by atoms with van der Waals surface area (Å²) in [5.74, 6) is 1.10. The van der Waals surface area contributed by atoms with Gasteiger partial charge in [0.2, 0.25) is 12.5 Å². The highest BCUT2D eigenvalue weighted by atomic mass is 16.7. The molecule has 0 radical (unpaired) electrons. The van der Waals surface area contributed by atoms with E-state index in [4.69, 9.17) is 14.2 Å². The first kappa shape index (κ1) is 20.9. The van der Waals surface area contributed by atoms with Crippen LogP contribution in [-0.2, 0) is 6.61 Å². The first-order chi connectivity index (χ1) is 16.5. The molecular formula is C23H16N4O7. The van der Waals surface area contributed by atoms with Gasteiger partial charge in [0.05, 0.1) is 22.0 Å². The van der Waals surface area contributed by atoms with E-state index in [2.05, 4.69) is 10.1 Å². The predicted octanol–water partition coefficient (Wildman–Crippen LogP) is 2.79. The Labute approximate surface area is 190 Å². The number of aromatic amines is 1. The van der Waals surface area contributed by atoms with E-state index in [0.717, 1.165) is 0 Å². The van der Waals surface area contributed by atoms with Gasteiger partial charge in [-0.1, -0.05) is 24.3 Å². The standard InChI is InChI=1S/C23H16N4O7/c28-22-16-5-1-2-6-17(16)25-23(29)26(22)24-11-15-4-3-7-18(27(30)31)21(15)32-12-14-8-9-19-20(10-14)34-13-33-19/h1-11H,12-13H2,(H,25,29). The van der Waals surface area contributed by atoms with Gasteiger partial charge in [-0.3, -0.25) is 14.9 Å². The maximum absolute atomic E-state index is 12.7. The monoisotopic (exact) mass is 460 g/mol. The molecule has 1 aliphatic heterocycles. The highest BCUT2D eigenvalue weighted by Gasteiger charge is 2.20. The fourth-order valence-corrected chi connectivity index (χ4v) is 3.51. The molecule has 2 heterocycles. The summed E-state index contributed by atoms with van der Waals surface area (Å²) in [7, 11) is 0. The van der Waals surface area contributed by atoms with Crippen LogP contribution < -0.4 is 25.5 Å². The van der Waals surface area contributed by atoms with E-state index < -0.39 is 16.2 Å². The topological polar surface area (TPSA) is 138 Å². The quantitative estimate of drug-likeness (QED) is 0.265. The Morgan fingerprint density at radius 1 is 1.09 bits per heavy atom. The second-order valence-corrected chi connectivity index (χ2v) is 7.27. The Balaban J connectivity index is 1.50. The van der Waals surface area contributed by atoms with Gasteiger partial charge in [0.1, 0.15) is 6.61 Å². The SMILES string of the molecule is O=c1[nH]c2ccccc2c(=O)n1N=Cc1cccc([N+](=O)[O-])c1OCc1ccc2c(c1)OCO2. The van der Waals surface area contributed by atoms with Crippen LogP contribution in [0.4, 0.5) is 5.69 Å². The number of aromatic nitrogens is 2. The molecule has 0 bridgehead atoms. The van der Waals surface area contributed by atoms with Crippen LogP contribution in [-0.4, -0.2) is 27.6 Å². The van der Waals surface area contributed by atoms with E-state index in [1.54, 1.807) is 42.5 Å². The highest BCUT2D eigenvalue weighted by Crippen LogP contribution is 2.34. The number of nitro benzene ring substituents is 1. The number of benzene rings is 3. The third-order valence-electron chi connectivity index (χ3n) is 5.14. The zero-order valence-corrected chi connectivity index (χ0v) is 17.5. The van der Waals surface area contributed by atoms with Crippen molar-refractivity contribution < 1.29 is 19.1 Å². The van der Waals surface area contributed by atoms with Crippen molar-refractivity contribution in [1.29, 1.82) is 0 Å². The minimum atomic E-state index is -0.742. The molecule has 11 heteroatoms. The van der Waals surface area contributed by atoms with Crippen molar-refractivity contribution in [3.8, 4) is 17.2 Å². The molecule has 0 unspecified atom stereocenters. The zero-order valence-electron chi connectivity index (χ0n) is 17.5. The Bertz CT molecular complexity index is 1570. The molecule has 3 aromatic carbocycles. The van der Waals surface area contributed by atoms with Crippen molar-refractivity contribution in [2.45, 2.75) is 6.61 Å². The van der Waals surface area contributed by atoms with Crippen LogP contribution in [0.1, 0.15) is 11.1 Å². The number of nitrogens with one attached hydrogen (secondary N) is 1. The number of hydrogen-bond donors (Lipinski definition) is 1. The number of nitro groups is 1. The van der Waals surface area contributed by atoms with E-state index in [0.29, 0.717) is 27.3 Å². The molecule has 0 saturated heterocycles. The average molecular weight is 460 g/mol. The first-order valence-electron chi connectivity index (χ1n) is 10.1. The molecule has 34 heavy (non-hydrogen) atoms. The van der Waals surface area contributed by atoms with Crippen molar-refractivity contribution in [3.63, 3.8) is 0 Å². The third kappa shape index (κ3) is 3.86. The number of fused-ring (bicyclic) bond motifs is 2. The summed E-state index contributed by atoms with van der Waals surface area (Å²) in [4.78, 5) is 38.7. The van der Waals surface area contributed by atoms with E-state index in [1.165, 1.54) is 24.4 Å². The van der Waals surface area contributed by atoms with Gasteiger partial charge in [0.15, 0.2) is 11.5 Å². The Morgan fingerprint density at radius 3 is 2.76 bits per heavy atom. The summed E-state index contributed by atoms with van der Waals surface area (Å²) in [6.07, 6.45) is 1.17. The predicted molar refractivity (Wildman–Crippen MR) is 122 cm³/mol. The lowest BCUT2D eigenvalue weighted by Gasteiger charge is -2.10. The molecule has 1 aromatic heterocycles. The van der Waals surface area contributed by atoms with Gasteiger partial charge in [-0.2, -0.15) is 5.10 Å². The second kappa shape index (κ2) is 8.54. The van der Waals surface area contributed by atoms with Crippen LogP contribution in [0.2, 0.25) is 0 Å². The summed E-state index contributed by atoms with van der Waals surface area (Å²) in [5, 5.41) is 15.9. The van der Waals surface area contributed by atoms with Crippen LogP contribution in [0.3, 0.4) is 0 Å². The molecule has 0 spiro atoms. The Hall–Kier alpha value is -4.93. The molecule has 1 aliphatic rings. The van der Waals surface area contributed by atoms with Gasteiger partial charge in [0, 0.05) is 11.6 Å². The summed E-state index contributed by atoms with van der Waals surface area (Å²) < 4.78 is 17.1. The van der Waals surface area contributed by atoms with Gasteiger partial charge < -0.3 is 19.2 Å². The van der Waals surface area contributed by atoms with E-state index in [1.807, 2.05) is 0 Å². The maximum atomic E-state index is 12.7. The Morgan fingerprint density at radius 2 is 1.91 bits per heavy atom. The largest absolute Gasteiger partial charge is 0.481 e. The van der Waals surface area contributed by atoms with Crippen LogP contribution in [0.15, 0.2) is 75.4 Å². The molecule has 5 rings (SSSR count). The van der Waals surface area contributed by atoms with Crippen LogP contribution in [0, 0.1) is 10.1 Å².